The monoisotopic (exact) mass is 267 g/mol. The van der Waals surface area contributed by atoms with Gasteiger partial charge in [-0.3, -0.25) is 4.79 Å². The number of aromatic nitrogens is 3. The molecule has 1 aromatic heterocycles. The molecule has 0 atom stereocenters. The molecule has 4 nitrogen and oxygen atoms in total. The molecular weight excluding hydrogens is 261 g/mol. The van der Waals surface area contributed by atoms with Crippen molar-refractivity contribution in [3.05, 3.63) is 34.6 Å². The van der Waals surface area contributed by atoms with E-state index in [-0.39, 0.29) is 56.8 Å². The number of fused-ring (bicyclic) bond motifs is 1. The van der Waals surface area contributed by atoms with Crippen molar-refractivity contribution in [1.29, 1.82) is 0 Å². The molecule has 0 aliphatic carbocycles. The van der Waals surface area contributed by atoms with Gasteiger partial charge in [0.1, 0.15) is 5.52 Å². The van der Waals surface area contributed by atoms with Crippen LogP contribution < -0.4 is 56.9 Å². The Morgan fingerprint density at radius 1 is 1.24 bits per heavy atom. The molecule has 0 saturated carbocycles. The standard InChI is InChI=1S/C8H6BF3N3O.K/c10-9(11,12)5-15-8(16)6-3-1-2-4-7(6)13-14-15;/h1-4H,5H2;/q-1;+1. The summed E-state index contributed by atoms with van der Waals surface area (Å²) >= 11 is 0. The van der Waals surface area contributed by atoms with Crippen LogP contribution in [0.2, 0.25) is 0 Å². The Balaban J connectivity index is 0.00000144. The molecule has 2 aromatic rings. The first-order valence-corrected chi connectivity index (χ1v) is 4.51. The summed E-state index contributed by atoms with van der Waals surface area (Å²) in [6, 6.07) is 6.14. The summed E-state index contributed by atoms with van der Waals surface area (Å²) in [5.74, 6) is 0. The summed E-state index contributed by atoms with van der Waals surface area (Å²) in [5, 5.41) is 6.93. The molecular formula is C8H6BF3KN3O. The van der Waals surface area contributed by atoms with Gasteiger partial charge in [0.15, 0.2) is 0 Å². The van der Waals surface area contributed by atoms with E-state index in [1.54, 1.807) is 12.1 Å². The van der Waals surface area contributed by atoms with E-state index in [0.717, 1.165) is 0 Å². The first-order chi connectivity index (χ1) is 7.47. The minimum absolute atomic E-state index is 0. The maximum Gasteiger partial charge on any atom is 1.00 e. The second-order valence-corrected chi connectivity index (χ2v) is 3.30. The number of rotatable bonds is 2. The average molecular weight is 267 g/mol. The second-order valence-electron chi connectivity index (χ2n) is 3.30. The van der Waals surface area contributed by atoms with Gasteiger partial charge in [-0.15, -0.1) is 5.10 Å². The Morgan fingerprint density at radius 2 is 1.88 bits per heavy atom. The zero-order chi connectivity index (χ0) is 11.8. The first-order valence-electron chi connectivity index (χ1n) is 4.51. The number of benzene rings is 1. The second kappa shape index (κ2) is 5.61. The predicted octanol–water partition coefficient (Wildman–Crippen LogP) is -1.82. The quantitative estimate of drug-likeness (QED) is 0.602. The normalized spacial score (nSPS) is 11.2. The Labute approximate surface area is 137 Å². The molecule has 1 aromatic carbocycles. The molecule has 0 radical (unpaired) electrons. The molecule has 0 fully saturated rings. The molecule has 1 heterocycles. The van der Waals surface area contributed by atoms with Crippen LogP contribution in [0.15, 0.2) is 29.1 Å². The molecule has 0 N–H and O–H groups in total. The van der Waals surface area contributed by atoms with Gasteiger partial charge in [-0.2, -0.15) is 0 Å². The molecule has 0 spiro atoms. The number of hydrogen-bond donors (Lipinski definition) is 0. The van der Waals surface area contributed by atoms with Crippen LogP contribution in [0, 0.1) is 0 Å². The number of hydrogen-bond acceptors (Lipinski definition) is 3. The van der Waals surface area contributed by atoms with E-state index in [1.165, 1.54) is 12.1 Å². The topological polar surface area (TPSA) is 47.8 Å². The third kappa shape index (κ3) is 3.62. The molecule has 0 aliphatic heterocycles. The minimum Gasteiger partial charge on any atom is -0.448 e. The zero-order valence-corrected chi connectivity index (χ0v) is 12.1. The van der Waals surface area contributed by atoms with Gasteiger partial charge in [-0.1, -0.05) is 17.3 Å². The molecule has 0 amide bonds. The van der Waals surface area contributed by atoms with Crippen molar-refractivity contribution >= 4 is 17.9 Å². The molecule has 9 heteroatoms. The van der Waals surface area contributed by atoms with E-state index in [0.29, 0.717) is 10.2 Å². The predicted molar refractivity (Wildman–Crippen MR) is 52.9 cm³/mol. The minimum atomic E-state index is -5.10. The van der Waals surface area contributed by atoms with Crippen LogP contribution in [0.4, 0.5) is 12.9 Å². The van der Waals surface area contributed by atoms with Gasteiger partial charge in [0.2, 0.25) is 0 Å². The van der Waals surface area contributed by atoms with Crippen LogP contribution >= 0.6 is 0 Å². The Hall–Kier alpha value is -0.219. The molecule has 17 heavy (non-hydrogen) atoms. The van der Waals surface area contributed by atoms with Crippen molar-refractivity contribution in [2.24, 2.45) is 0 Å². The first kappa shape index (κ1) is 14.8. The molecule has 0 bridgehead atoms. The van der Waals surface area contributed by atoms with Gasteiger partial charge in [0.05, 0.1) is 5.39 Å². The van der Waals surface area contributed by atoms with Gasteiger partial charge < -0.3 is 12.9 Å². The maximum absolute atomic E-state index is 12.2. The van der Waals surface area contributed by atoms with Crippen LogP contribution in [0.3, 0.4) is 0 Å². The smallest absolute Gasteiger partial charge is 0.448 e. The average Bonchev–Trinajstić information content (AvgIpc) is 2.21. The van der Waals surface area contributed by atoms with E-state index in [9.17, 15) is 17.7 Å². The Kier molecular flexibility index (Phi) is 4.90. The van der Waals surface area contributed by atoms with Crippen molar-refractivity contribution in [1.82, 2.24) is 15.0 Å². The van der Waals surface area contributed by atoms with Crippen LogP contribution in [-0.4, -0.2) is 22.0 Å². The van der Waals surface area contributed by atoms with Gasteiger partial charge in [-0.25, -0.2) is 4.68 Å². The van der Waals surface area contributed by atoms with Crippen LogP contribution in [-0.2, 0) is 6.44 Å². The van der Waals surface area contributed by atoms with Crippen molar-refractivity contribution in [2.45, 2.75) is 6.44 Å². The van der Waals surface area contributed by atoms with Crippen LogP contribution in [0.1, 0.15) is 0 Å². The number of nitrogens with zero attached hydrogens (tertiary/aromatic N) is 3. The van der Waals surface area contributed by atoms with Gasteiger partial charge in [0.25, 0.3) is 5.56 Å². The largest absolute Gasteiger partial charge is 1.00 e. The van der Waals surface area contributed by atoms with E-state index >= 15 is 0 Å². The fraction of sp³-hybridized carbons (Fsp3) is 0.125. The van der Waals surface area contributed by atoms with E-state index in [1.807, 2.05) is 0 Å². The van der Waals surface area contributed by atoms with Gasteiger partial charge in [0, 0.05) is 6.44 Å². The summed E-state index contributed by atoms with van der Waals surface area (Å²) in [7, 11) is 0. The zero-order valence-electron chi connectivity index (χ0n) is 8.98. The van der Waals surface area contributed by atoms with E-state index in [2.05, 4.69) is 10.3 Å². The maximum atomic E-state index is 12.2. The van der Waals surface area contributed by atoms with Crippen LogP contribution in [0.5, 0.6) is 0 Å². The van der Waals surface area contributed by atoms with Crippen LogP contribution in [0.25, 0.3) is 10.9 Å². The molecule has 0 unspecified atom stereocenters. The van der Waals surface area contributed by atoms with E-state index in [4.69, 9.17) is 0 Å². The van der Waals surface area contributed by atoms with Crippen molar-refractivity contribution in [3.63, 3.8) is 0 Å². The summed E-state index contributed by atoms with van der Waals surface area (Å²) in [6.45, 7) is -5.10. The molecule has 84 valence electrons. The number of halogens is 3. The Bertz CT molecular complexity index is 586. The molecule has 2 rings (SSSR count). The summed E-state index contributed by atoms with van der Waals surface area (Å²) in [6.07, 6.45) is -1.36. The van der Waals surface area contributed by atoms with Crippen molar-refractivity contribution in [2.75, 3.05) is 0 Å². The third-order valence-electron chi connectivity index (χ3n) is 2.01. The van der Waals surface area contributed by atoms with Gasteiger partial charge >= 0.3 is 58.4 Å². The van der Waals surface area contributed by atoms with Crippen molar-refractivity contribution < 1.29 is 64.3 Å². The molecule has 0 saturated heterocycles. The SMILES string of the molecule is O=c1c2ccccc2nnn1C[B-](F)(F)F.[K+]. The summed E-state index contributed by atoms with van der Waals surface area (Å²) in [4.78, 5) is 11.6. The van der Waals surface area contributed by atoms with E-state index < -0.39 is 19.0 Å². The summed E-state index contributed by atoms with van der Waals surface area (Å²) < 4.78 is 36.8. The molecule has 0 aliphatic rings. The van der Waals surface area contributed by atoms with Crippen molar-refractivity contribution in [3.8, 4) is 0 Å². The Morgan fingerprint density at radius 3 is 2.53 bits per heavy atom. The summed E-state index contributed by atoms with van der Waals surface area (Å²) in [5.41, 5.74) is -0.483. The van der Waals surface area contributed by atoms with Gasteiger partial charge in [-0.05, 0) is 12.1 Å². The fourth-order valence-electron chi connectivity index (χ4n) is 1.34. The fourth-order valence-corrected chi connectivity index (χ4v) is 1.34. The third-order valence-corrected chi connectivity index (χ3v) is 2.01.